The molecule has 0 amide bonds. The molecule has 104 valence electrons. The first-order valence-corrected chi connectivity index (χ1v) is 6.86. The molecule has 0 spiro atoms. The number of ether oxygens (including phenoxy) is 1. The summed E-state index contributed by atoms with van der Waals surface area (Å²) in [5.74, 6) is -0.224. The fourth-order valence-electron chi connectivity index (χ4n) is 2.06. The topological polar surface area (TPSA) is 38.7 Å². The molecule has 0 aromatic heterocycles. The third-order valence-electron chi connectivity index (χ3n) is 3.21. The molecule has 4 heteroatoms. The van der Waals surface area contributed by atoms with E-state index in [1.807, 2.05) is 43.3 Å². The van der Waals surface area contributed by atoms with E-state index in [-0.39, 0.29) is 11.6 Å². The van der Waals surface area contributed by atoms with Gasteiger partial charge in [-0.25, -0.2) is 9.79 Å². The summed E-state index contributed by atoms with van der Waals surface area (Å²) in [4.78, 5) is 16.2. The summed E-state index contributed by atoms with van der Waals surface area (Å²) >= 11 is 6.09. The molecule has 2 aromatic rings. The molecule has 21 heavy (non-hydrogen) atoms. The van der Waals surface area contributed by atoms with Crippen LogP contribution in [0.5, 0.6) is 0 Å². The number of aryl methyl sites for hydroxylation is 1. The summed E-state index contributed by atoms with van der Waals surface area (Å²) in [6, 6.07) is 14.9. The lowest BCUT2D eigenvalue weighted by atomic mass is 10.1. The minimum atomic E-state index is -0.465. The largest absolute Gasteiger partial charge is 0.402 e. The van der Waals surface area contributed by atoms with Gasteiger partial charge in [0.05, 0.1) is 10.6 Å². The van der Waals surface area contributed by atoms with Crippen molar-refractivity contribution in [3.63, 3.8) is 0 Å². The molecule has 3 nitrogen and oxygen atoms in total. The van der Waals surface area contributed by atoms with Gasteiger partial charge in [0, 0.05) is 0 Å². The lowest BCUT2D eigenvalue weighted by Crippen LogP contribution is -2.05. The van der Waals surface area contributed by atoms with Gasteiger partial charge < -0.3 is 4.74 Å². The van der Waals surface area contributed by atoms with Crippen LogP contribution in [-0.2, 0) is 9.53 Å². The summed E-state index contributed by atoms with van der Waals surface area (Å²) in [6.07, 6.45) is 1.72. The van der Waals surface area contributed by atoms with Crippen molar-refractivity contribution in [3.05, 3.63) is 75.9 Å². The highest BCUT2D eigenvalue weighted by atomic mass is 35.5. The molecule has 0 N–H and O–H groups in total. The Hall–Kier alpha value is -2.39. The molecule has 0 bridgehead atoms. The first kappa shape index (κ1) is 13.6. The maximum atomic E-state index is 11.9. The van der Waals surface area contributed by atoms with Gasteiger partial charge in [-0.2, -0.15) is 0 Å². The van der Waals surface area contributed by atoms with Crippen LogP contribution in [-0.4, -0.2) is 11.9 Å². The van der Waals surface area contributed by atoms with Gasteiger partial charge in [0.2, 0.25) is 5.90 Å². The molecule has 0 aliphatic carbocycles. The molecule has 0 unspecified atom stereocenters. The summed E-state index contributed by atoms with van der Waals surface area (Å²) < 4.78 is 5.21. The second kappa shape index (κ2) is 5.54. The Morgan fingerprint density at radius 2 is 1.81 bits per heavy atom. The molecule has 2 aromatic carbocycles. The van der Waals surface area contributed by atoms with E-state index in [9.17, 15) is 4.79 Å². The Bertz CT molecular complexity index is 778. The van der Waals surface area contributed by atoms with Gasteiger partial charge in [-0.05, 0) is 36.3 Å². The quantitative estimate of drug-likeness (QED) is 0.621. The zero-order valence-electron chi connectivity index (χ0n) is 11.3. The SMILES string of the molecule is Cc1ccccc1C=C1N=C(c2ccccc2Cl)OC1=O. The normalized spacial score (nSPS) is 16.0. The van der Waals surface area contributed by atoms with E-state index in [1.54, 1.807) is 18.2 Å². The maximum absolute atomic E-state index is 11.9. The zero-order chi connectivity index (χ0) is 14.8. The number of carbonyl (C=O) groups is 1. The molecular formula is C17H12ClNO2. The standard InChI is InChI=1S/C17H12ClNO2/c1-11-6-2-3-7-12(11)10-15-17(20)21-16(19-15)13-8-4-5-9-14(13)18/h2-10H,1H3. The molecule has 0 saturated heterocycles. The van der Waals surface area contributed by atoms with Crippen molar-refractivity contribution >= 4 is 29.5 Å². The van der Waals surface area contributed by atoms with E-state index in [0.717, 1.165) is 11.1 Å². The van der Waals surface area contributed by atoms with E-state index in [2.05, 4.69) is 4.99 Å². The lowest BCUT2D eigenvalue weighted by molar-refractivity contribution is -0.129. The summed E-state index contributed by atoms with van der Waals surface area (Å²) in [5, 5.41) is 0.501. The first-order chi connectivity index (χ1) is 10.1. The van der Waals surface area contributed by atoms with Crippen LogP contribution < -0.4 is 0 Å². The van der Waals surface area contributed by atoms with Crippen LogP contribution in [0.3, 0.4) is 0 Å². The molecule has 0 fully saturated rings. The van der Waals surface area contributed by atoms with Crippen molar-refractivity contribution in [1.29, 1.82) is 0 Å². The predicted octanol–water partition coefficient (Wildman–Crippen LogP) is 3.99. The van der Waals surface area contributed by atoms with Crippen molar-refractivity contribution in [2.45, 2.75) is 6.92 Å². The van der Waals surface area contributed by atoms with E-state index < -0.39 is 5.97 Å². The van der Waals surface area contributed by atoms with E-state index in [1.165, 1.54) is 0 Å². The van der Waals surface area contributed by atoms with Crippen LogP contribution in [0, 0.1) is 6.92 Å². The summed E-state index contributed by atoms with van der Waals surface area (Å²) in [5.41, 5.74) is 2.90. The van der Waals surface area contributed by atoms with Crippen LogP contribution in [0.25, 0.3) is 6.08 Å². The predicted molar refractivity (Wildman–Crippen MR) is 83.2 cm³/mol. The fraction of sp³-hybridized carbons (Fsp3) is 0.0588. The monoisotopic (exact) mass is 297 g/mol. The Morgan fingerprint density at radius 3 is 2.57 bits per heavy atom. The number of hydrogen-bond donors (Lipinski definition) is 0. The number of rotatable bonds is 2. The second-order valence-corrected chi connectivity index (χ2v) is 5.08. The van der Waals surface area contributed by atoms with Gasteiger partial charge in [0.1, 0.15) is 0 Å². The third-order valence-corrected chi connectivity index (χ3v) is 3.54. The number of benzene rings is 2. The van der Waals surface area contributed by atoms with Crippen LogP contribution in [0.1, 0.15) is 16.7 Å². The van der Waals surface area contributed by atoms with Crippen molar-refractivity contribution in [1.82, 2.24) is 0 Å². The van der Waals surface area contributed by atoms with Gasteiger partial charge in [0.25, 0.3) is 0 Å². The van der Waals surface area contributed by atoms with Gasteiger partial charge >= 0.3 is 5.97 Å². The Labute approximate surface area is 127 Å². The van der Waals surface area contributed by atoms with Crippen molar-refractivity contribution in [2.24, 2.45) is 4.99 Å². The van der Waals surface area contributed by atoms with Crippen LogP contribution in [0.4, 0.5) is 0 Å². The minimum Gasteiger partial charge on any atom is -0.402 e. The molecule has 0 saturated carbocycles. The van der Waals surface area contributed by atoms with Crippen molar-refractivity contribution in [3.8, 4) is 0 Å². The highest BCUT2D eigenvalue weighted by molar-refractivity contribution is 6.34. The number of hydrogen-bond acceptors (Lipinski definition) is 3. The van der Waals surface area contributed by atoms with Gasteiger partial charge in [-0.1, -0.05) is 48.0 Å². The minimum absolute atomic E-state index is 0.241. The molecule has 1 heterocycles. The van der Waals surface area contributed by atoms with Gasteiger partial charge in [-0.3, -0.25) is 0 Å². The Kier molecular flexibility index (Phi) is 3.59. The number of cyclic esters (lactones) is 1. The number of nitrogens with zero attached hydrogens (tertiary/aromatic N) is 1. The Balaban J connectivity index is 2.00. The highest BCUT2D eigenvalue weighted by Gasteiger charge is 2.25. The molecule has 0 radical (unpaired) electrons. The highest BCUT2D eigenvalue weighted by Crippen LogP contribution is 2.24. The molecule has 0 atom stereocenters. The first-order valence-electron chi connectivity index (χ1n) is 6.48. The van der Waals surface area contributed by atoms with Crippen molar-refractivity contribution in [2.75, 3.05) is 0 Å². The van der Waals surface area contributed by atoms with Crippen LogP contribution in [0.2, 0.25) is 5.02 Å². The summed E-state index contributed by atoms with van der Waals surface area (Å²) in [7, 11) is 0. The zero-order valence-corrected chi connectivity index (χ0v) is 12.1. The van der Waals surface area contributed by atoms with Crippen molar-refractivity contribution < 1.29 is 9.53 Å². The van der Waals surface area contributed by atoms with Gasteiger partial charge in [0.15, 0.2) is 5.70 Å². The number of esters is 1. The fourth-order valence-corrected chi connectivity index (χ4v) is 2.27. The van der Waals surface area contributed by atoms with Gasteiger partial charge in [-0.15, -0.1) is 0 Å². The molecule has 1 aliphatic heterocycles. The average Bonchev–Trinajstić information content (AvgIpc) is 2.83. The second-order valence-electron chi connectivity index (χ2n) is 4.67. The van der Waals surface area contributed by atoms with Crippen LogP contribution in [0.15, 0.2) is 59.2 Å². The number of aliphatic imine (C=N–C) groups is 1. The number of carbonyl (C=O) groups excluding carboxylic acids is 1. The average molecular weight is 298 g/mol. The lowest BCUT2D eigenvalue weighted by Gasteiger charge is -2.00. The molecule has 3 rings (SSSR count). The Morgan fingerprint density at radius 1 is 1.10 bits per heavy atom. The van der Waals surface area contributed by atoms with E-state index >= 15 is 0 Å². The van der Waals surface area contributed by atoms with E-state index in [4.69, 9.17) is 16.3 Å². The molecular weight excluding hydrogens is 286 g/mol. The van der Waals surface area contributed by atoms with E-state index in [0.29, 0.717) is 10.6 Å². The smallest absolute Gasteiger partial charge is 0.363 e. The maximum Gasteiger partial charge on any atom is 0.363 e. The molecule has 1 aliphatic rings. The number of halogens is 1. The summed E-state index contributed by atoms with van der Waals surface area (Å²) in [6.45, 7) is 1.98. The van der Waals surface area contributed by atoms with Crippen LogP contribution >= 0.6 is 11.6 Å². The third kappa shape index (κ3) is 2.73.